The summed E-state index contributed by atoms with van der Waals surface area (Å²) < 4.78 is 24.8. The van der Waals surface area contributed by atoms with Gasteiger partial charge >= 0.3 is 0 Å². The van der Waals surface area contributed by atoms with Gasteiger partial charge in [0.2, 0.25) is 0 Å². The Kier molecular flexibility index (Phi) is 5.80. The van der Waals surface area contributed by atoms with Crippen LogP contribution >= 0.6 is 0 Å². The van der Waals surface area contributed by atoms with E-state index in [1.54, 1.807) is 6.07 Å². The molecule has 1 aliphatic rings. The van der Waals surface area contributed by atoms with Crippen molar-refractivity contribution in [2.75, 3.05) is 19.8 Å². The fourth-order valence-corrected chi connectivity index (χ4v) is 2.42. The Morgan fingerprint density at radius 1 is 1.50 bits per heavy atom. The molecule has 112 valence electrons. The summed E-state index contributed by atoms with van der Waals surface area (Å²) in [5, 5.41) is 3.40. The predicted molar refractivity (Wildman–Crippen MR) is 77.6 cm³/mol. The van der Waals surface area contributed by atoms with E-state index in [4.69, 9.17) is 9.47 Å². The van der Waals surface area contributed by atoms with Gasteiger partial charge in [-0.15, -0.1) is 0 Å². The van der Waals surface area contributed by atoms with Crippen LogP contribution in [0.3, 0.4) is 0 Å². The van der Waals surface area contributed by atoms with Crippen molar-refractivity contribution in [3.05, 3.63) is 29.6 Å². The first-order valence-electron chi connectivity index (χ1n) is 7.48. The maximum atomic E-state index is 13.4. The van der Waals surface area contributed by atoms with Gasteiger partial charge in [-0.3, -0.25) is 0 Å². The van der Waals surface area contributed by atoms with Crippen molar-refractivity contribution in [3.8, 4) is 5.75 Å². The molecule has 0 aromatic heterocycles. The van der Waals surface area contributed by atoms with E-state index in [0.29, 0.717) is 12.4 Å². The van der Waals surface area contributed by atoms with E-state index in [2.05, 4.69) is 19.2 Å². The molecule has 0 bridgehead atoms. The summed E-state index contributed by atoms with van der Waals surface area (Å²) in [5.74, 6) is 0.357. The van der Waals surface area contributed by atoms with E-state index in [1.165, 1.54) is 12.1 Å². The molecule has 3 nitrogen and oxygen atoms in total. The Hall–Kier alpha value is -1.13. The third-order valence-electron chi connectivity index (χ3n) is 3.59. The molecule has 1 saturated heterocycles. The number of ether oxygens (including phenoxy) is 2. The van der Waals surface area contributed by atoms with Gasteiger partial charge in [0.25, 0.3) is 0 Å². The first kappa shape index (κ1) is 15.3. The van der Waals surface area contributed by atoms with Gasteiger partial charge in [-0.1, -0.05) is 13.0 Å². The molecule has 2 atom stereocenters. The normalized spacial score (nSPS) is 20.1. The zero-order chi connectivity index (χ0) is 14.4. The fraction of sp³-hybridized carbons (Fsp3) is 0.625. The molecule has 0 aliphatic carbocycles. The quantitative estimate of drug-likeness (QED) is 0.830. The van der Waals surface area contributed by atoms with Crippen molar-refractivity contribution in [1.29, 1.82) is 0 Å². The molecule has 1 aliphatic heterocycles. The van der Waals surface area contributed by atoms with Gasteiger partial charge < -0.3 is 14.8 Å². The van der Waals surface area contributed by atoms with Crippen LogP contribution in [0.1, 0.15) is 44.7 Å². The largest absolute Gasteiger partial charge is 0.490 e. The maximum Gasteiger partial charge on any atom is 0.127 e. The minimum Gasteiger partial charge on any atom is -0.490 e. The summed E-state index contributed by atoms with van der Waals surface area (Å²) in [5.41, 5.74) is 0.998. The Bertz CT molecular complexity index is 419. The number of halogens is 1. The highest BCUT2D eigenvalue weighted by molar-refractivity contribution is 5.36. The molecule has 20 heavy (non-hydrogen) atoms. The average Bonchev–Trinajstić information content (AvgIpc) is 2.96. The molecule has 0 amide bonds. The van der Waals surface area contributed by atoms with Crippen LogP contribution in [0.4, 0.5) is 4.39 Å². The number of nitrogens with one attached hydrogen (secondary N) is 1. The second-order valence-electron chi connectivity index (χ2n) is 5.30. The smallest absolute Gasteiger partial charge is 0.127 e. The topological polar surface area (TPSA) is 30.5 Å². The van der Waals surface area contributed by atoms with Crippen LogP contribution in [-0.2, 0) is 4.74 Å². The van der Waals surface area contributed by atoms with Crippen LogP contribution in [0.25, 0.3) is 0 Å². The first-order chi connectivity index (χ1) is 9.70. The van der Waals surface area contributed by atoms with E-state index >= 15 is 0 Å². The number of hydrogen-bond acceptors (Lipinski definition) is 3. The van der Waals surface area contributed by atoms with Crippen molar-refractivity contribution in [2.24, 2.45) is 0 Å². The molecule has 2 rings (SSSR count). The standard InChI is InChI=1S/C16H24FNO2/c1-3-8-18-12(2)15-7-6-13(17)10-16(15)20-11-14-5-4-9-19-14/h6-7,10,12,14,18H,3-5,8-9,11H2,1-2H3. The van der Waals surface area contributed by atoms with Crippen molar-refractivity contribution < 1.29 is 13.9 Å². The first-order valence-corrected chi connectivity index (χ1v) is 7.48. The van der Waals surface area contributed by atoms with E-state index in [-0.39, 0.29) is 18.0 Å². The van der Waals surface area contributed by atoms with Gasteiger partial charge in [-0.25, -0.2) is 4.39 Å². The van der Waals surface area contributed by atoms with E-state index < -0.39 is 0 Å². The molecular formula is C16H24FNO2. The molecule has 1 N–H and O–H groups in total. The summed E-state index contributed by atoms with van der Waals surface area (Å²) in [6, 6.07) is 4.90. The second kappa shape index (κ2) is 7.60. The molecule has 0 saturated carbocycles. The highest BCUT2D eigenvalue weighted by Crippen LogP contribution is 2.27. The van der Waals surface area contributed by atoms with Crippen LogP contribution in [-0.4, -0.2) is 25.9 Å². The number of hydrogen-bond donors (Lipinski definition) is 1. The zero-order valence-electron chi connectivity index (χ0n) is 12.3. The summed E-state index contributed by atoms with van der Waals surface area (Å²) in [6.07, 6.45) is 3.31. The third-order valence-corrected chi connectivity index (χ3v) is 3.59. The van der Waals surface area contributed by atoms with Gasteiger partial charge in [0.1, 0.15) is 18.2 Å². The lowest BCUT2D eigenvalue weighted by atomic mass is 10.1. The van der Waals surface area contributed by atoms with Crippen molar-refractivity contribution in [1.82, 2.24) is 5.32 Å². The van der Waals surface area contributed by atoms with E-state index in [0.717, 1.165) is 38.0 Å². The molecule has 1 aromatic rings. The summed E-state index contributed by atoms with van der Waals surface area (Å²) >= 11 is 0. The van der Waals surface area contributed by atoms with Crippen molar-refractivity contribution in [2.45, 2.75) is 45.3 Å². The molecule has 1 fully saturated rings. The minimum atomic E-state index is -0.265. The predicted octanol–water partition coefficient (Wildman–Crippen LogP) is 3.44. The van der Waals surface area contributed by atoms with Crippen LogP contribution in [0, 0.1) is 5.82 Å². The minimum absolute atomic E-state index is 0.144. The fourth-order valence-electron chi connectivity index (χ4n) is 2.42. The molecule has 0 radical (unpaired) electrons. The highest BCUT2D eigenvalue weighted by atomic mass is 19.1. The molecule has 1 heterocycles. The van der Waals surface area contributed by atoms with Crippen LogP contribution in [0.15, 0.2) is 18.2 Å². The van der Waals surface area contributed by atoms with Gasteiger partial charge in [-0.05, 0) is 38.8 Å². The van der Waals surface area contributed by atoms with Crippen LogP contribution < -0.4 is 10.1 Å². The third kappa shape index (κ3) is 4.18. The Labute approximate surface area is 120 Å². The average molecular weight is 281 g/mol. The Morgan fingerprint density at radius 3 is 3.05 bits per heavy atom. The second-order valence-corrected chi connectivity index (χ2v) is 5.30. The van der Waals surface area contributed by atoms with Gasteiger partial charge in [-0.2, -0.15) is 0 Å². The van der Waals surface area contributed by atoms with E-state index in [1.807, 2.05) is 0 Å². The van der Waals surface area contributed by atoms with Gasteiger partial charge in [0.05, 0.1) is 6.10 Å². The summed E-state index contributed by atoms with van der Waals surface area (Å²) in [7, 11) is 0. The van der Waals surface area contributed by atoms with Gasteiger partial charge in [0, 0.05) is 24.3 Å². The molecule has 2 unspecified atom stereocenters. The van der Waals surface area contributed by atoms with Crippen molar-refractivity contribution in [3.63, 3.8) is 0 Å². The Morgan fingerprint density at radius 2 is 2.35 bits per heavy atom. The lowest BCUT2D eigenvalue weighted by Crippen LogP contribution is -2.21. The summed E-state index contributed by atoms with van der Waals surface area (Å²) in [6.45, 7) is 6.43. The van der Waals surface area contributed by atoms with Crippen molar-refractivity contribution >= 4 is 0 Å². The lowest BCUT2D eigenvalue weighted by molar-refractivity contribution is 0.0673. The van der Waals surface area contributed by atoms with E-state index in [9.17, 15) is 4.39 Å². The lowest BCUT2D eigenvalue weighted by Gasteiger charge is -2.19. The summed E-state index contributed by atoms with van der Waals surface area (Å²) in [4.78, 5) is 0. The monoisotopic (exact) mass is 281 g/mol. The molecule has 0 spiro atoms. The van der Waals surface area contributed by atoms with Gasteiger partial charge in [0.15, 0.2) is 0 Å². The number of rotatable bonds is 7. The zero-order valence-corrected chi connectivity index (χ0v) is 12.3. The molecule has 4 heteroatoms. The van der Waals surface area contributed by atoms with Crippen LogP contribution in [0.2, 0.25) is 0 Å². The Balaban J connectivity index is 2.02. The number of benzene rings is 1. The highest BCUT2D eigenvalue weighted by Gasteiger charge is 2.18. The molecular weight excluding hydrogens is 257 g/mol. The molecule has 1 aromatic carbocycles. The van der Waals surface area contributed by atoms with Crippen LogP contribution in [0.5, 0.6) is 5.75 Å². The maximum absolute atomic E-state index is 13.4. The SMILES string of the molecule is CCCNC(C)c1ccc(F)cc1OCC1CCCO1.